The van der Waals surface area contributed by atoms with Crippen LogP contribution in [-0.2, 0) is 9.59 Å². The summed E-state index contributed by atoms with van der Waals surface area (Å²) in [5, 5.41) is 0. The van der Waals surface area contributed by atoms with Crippen molar-refractivity contribution in [3.63, 3.8) is 0 Å². The minimum atomic E-state index is -0.814. The number of benzene rings is 1. The van der Waals surface area contributed by atoms with Gasteiger partial charge in [0.05, 0.1) is 11.0 Å². The average Bonchev–Trinajstić information content (AvgIpc) is 2.30. The minimum Gasteiger partial charge on any atom is -0.480 e. The molecule has 0 aliphatic heterocycles. The number of halogens is 2. The molecule has 0 bridgehead atoms. The zero-order chi connectivity index (χ0) is 14.6. The van der Waals surface area contributed by atoms with Crippen LogP contribution >= 0.6 is 15.9 Å². The molecule has 1 aromatic rings. The van der Waals surface area contributed by atoms with Crippen molar-refractivity contribution in [2.45, 2.75) is 13.0 Å². The molecule has 0 radical (unpaired) electrons. The zero-order valence-corrected chi connectivity index (χ0v) is 12.1. The van der Waals surface area contributed by atoms with Crippen LogP contribution in [0.4, 0.5) is 4.39 Å². The first-order chi connectivity index (χ1) is 8.81. The molecule has 0 saturated carbocycles. The van der Waals surface area contributed by atoms with Gasteiger partial charge in [-0.2, -0.15) is 0 Å². The van der Waals surface area contributed by atoms with Gasteiger partial charge >= 0.3 is 0 Å². The van der Waals surface area contributed by atoms with Crippen molar-refractivity contribution in [3.05, 3.63) is 28.5 Å². The summed E-state index contributed by atoms with van der Waals surface area (Å²) in [4.78, 5) is 23.8. The number of hydrogen-bond acceptors (Lipinski definition) is 3. The highest BCUT2D eigenvalue weighted by atomic mass is 79.9. The van der Waals surface area contributed by atoms with Crippen molar-refractivity contribution in [2.24, 2.45) is 5.73 Å². The second-order valence-corrected chi connectivity index (χ2v) is 4.85. The van der Waals surface area contributed by atoms with Crippen molar-refractivity contribution in [2.75, 3.05) is 13.6 Å². The molecule has 0 spiro atoms. The summed E-state index contributed by atoms with van der Waals surface area (Å²) >= 11 is 3.14. The molecule has 0 unspecified atom stereocenters. The molecule has 19 heavy (non-hydrogen) atoms. The van der Waals surface area contributed by atoms with Crippen LogP contribution in [0.1, 0.15) is 6.92 Å². The third-order valence-electron chi connectivity index (χ3n) is 2.31. The Kier molecular flexibility index (Phi) is 5.29. The summed E-state index contributed by atoms with van der Waals surface area (Å²) in [6.07, 6.45) is -0.814. The van der Waals surface area contributed by atoms with Crippen LogP contribution in [0.5, 0.6) is 5.75 Å². The van der Waals surface area contributed by atoms with Crippen LogP contribution in [0.2, 0.25) is 0 Å². The molecule has 1 aromatic carbocycles. The molecule has 7 heteroatoms. The van der Waals surface area contributed by atoms with E-state index >= 15 is 0 Å². The molecule has 1 rings (SSSR count). The van der Waals surface area contributed by atoms with E-state index in [9.17, 15) is 14.0 Å². The van der Waals surface area contributed by atoms with E-state index in [1.165, 1.54) is 37.1 Å². The number of likely N-dealkylation sites (N-methyl/N-ethyl adjacent to an activating group) is 1. The molecule has 5 nitrogen and oxygen atoms in total. The number of amides is 2. The van der Waals surface area contributed by atoms with Gasteiger partial charge < -0.3 is 15.4 Å². The van der Waals surface area contributed by atoms with Gasteiger partial charge in [-0.15, -0.1) is 0 Å². The zero-order valence-electron chi connectivity index (χ0n) is 10.5. The number of hydrogen-bond donors (Lipinski definition) is 1. The van der Waals surface area contributed by atoms with E-state index in [1.54, 1.807) is 0 Å². The number of nitrogens with two attached hydrogens (primary N) is 1. The monoisotopic (exact) mass is 332 g/mol. The third-order valence-corrected chi connectivity index (χ3v) is 2.93. The van der Waals surface area contributed by atoms with Crippen LogP contribution < -0.4 is 10.5 Å². The van der Waals surface area contributed by atoms with Gasteiger partial charge in [-0.05, 0) is 41.1 Å². The Morgan fingerprint density at radius 2 is 2.16 bits per heavy atom. The van der Waals surface area contributed by atoms with Crippen LogP contribution in [0.3, 0.4) is 0 Å². The molecule has 104 valence electrons. The van der Waals surface area contributed by atoms with E-state index in [4.69, 9.17) is 10.5 Å². The summed E-state index contributed by atoms with van der Waals surface area (Å²) in [6, 6.07) is 3.88. The fourth-order valence-corrected chi connectivity index (χ4v) is 1.88. The lowest BCUT2D eigenvalue weighted by atomic mass is 10.3. The Labute approximate surface area is 118 Å². The number of carbonyl (C=O) groups is 2. The van der Waals surface area contributed by atoms with Crippen LogP contribution in [0.25, 0.3) is 0 Å². The fraction of sp³-hybridized carbons (Fsp3) is 0.333. The Morgan fingerprint density at radius 3 is 2.68 bits per heavy atom. The second kappa shape index (κ2) is 6.51. The minimum absolute atomic E-state index is 0.183. The third kappa shape index (κ3) is 4.51. The number of nitrogens with zero attached hydrogens (tertiary/aromatic N) is 1. The van der Waals surface area contributed by atoms with E-state index in [0.717, 1.165) is 0 Å². The van der Waals surface area contributed by atoms with Gasteiger partial charge in [-0.3, -0.25) is 9.59 Å². The van der Waals surface area contributed by atoms with Crippen LogP contribution in [-0.4, -0.2) is 36.4 Å². The maximum Gasteiger partial charge on any atom is 0.263 e. The number of carbonyl (C=O) groups excluding carboxylic acids is 2. The fourth-order valence-electron chi connectivity index (χ4n) is 1.43. The summed E-state index contributed by atoms with van der Waals surface area (Å²) in [5.74, 6) is -1.07. The molecule has 0 saturated heterocycles. The summed E-state index contributed by atoms with van der Waals surface area (Å²) in [7, 11) is 1.45. The molecule has 2 amide bonds. The van der Waals surface area contributed by atoms with Gasteiger partial charge in [0.1, 0.15) is 11.6 Å². The molecule has 0 aliphatic carbocycles. The molecule has 0 aliphatic rings. The Morgan fingerprint density at radius 1 is 1.53 bits per heavy atom. The SMILES string of the molecule is C[C@H](Oc1ccc(F)cc1Br)C(=O)N(C)CC(N)=O. The van der Waals surface area contributed by atoms with Gasteiger partial charge in [-0.1, -0.05) is 0 Å². The molecule has 0 heterocycles. The molecule has 0 fully saturated rings. The standard InChI is InChI=1S/C12H14BrFN2O3/c1-7(12(18)16(2)6-11(15)17)19-10-4-3-8(14)5-9(10)13/h3-5,7H,6H2,1-2H3,(H2,15,17)/t7-/m0/s1. The van der Waals surface area contributed by atoms with Gasteiger partial charge in [0.25, 0.3) is 5.91 Å². The maximum absolute atomic E-state index is 12.9. The van der Waals surface area contributed by atoms with E-state index in [-0.39, 0.29) is 6.54 Å². The lowest BCUT2D eigenvalue weighted by molar-refractivity contribution is -0.139. The maximum atomic E-state index is 12.9. The predicted molar refractivity (Wildman–Crippen MR) is 71.0 cm³/mol. The first kappa shape index (κ1) is 15.4. The van der Waals surface area contributed by atoms with E-state index in [2.05, 4.69) is 15.9 Å². The number of primary amides is 1. The predicted octanol–water partition coefficient (Wildman–Crippen LogP) is 1.30. The highest BCUT2D eigenvalue weighted by Gasteiger charge is 2.21. The summed E-state index contributed by atoms with van der Waals surface area (Å²) in [5.41, 5.74) is 5.00. The van der Waals surface area contributed by atoms with Crippen molar-refractivity contribution in [1.82, 2.24) is 4.90 Å². The average molecular weight is 333 g/mol. The van der Waals surface area contributed by atoms with Gasteiger partial charge in [0, 0.05) is 7.05 Å². The van der Waals surface area contributed by atoms with E-state index < -0.39 is 23.7 Å². The highest BCUT2D eigenvalue weighted by Crippen LogP contribution is 2.26. The van der Waals surface area contributed by atoms with Crippen molar-refractivity contribution < 1.29 is 18.7 Å². The van der Waals surface area contributed by atoms with E-state index in [1.807, 2.05) is 0 Å². The topological polar surface area (TPSA) is 72.6 Å². The van der Waals surface area contributed by atoms with E-state index in [0.29, 0.717) is 10.2 Å². The van der Waals surface area contributed by atoms with Gasteiger partial charge in [-0.25, -0.2) is 4.39 Å². The van der Waals surface area contributed by atoms with Gasteiger partial charge in [0.2, 0.25) is 5.91 Å². The van der Waals surface area contributed by atoms with Crippen LogP contribution in [0.15, 0.2) is 22.7 Å². The summed E-state index contributed by atoms with van der Waals surface area (Å²) in [6.45, 7) is 1.35. The molecule has 1 atom stereocenters. The Hall–Kier alpha value is -1.63. The highest BCUT2D eigenvalue weighted by molar-refractivity contribution is 9.10. The Bertz CT molecular complexity index is 496. The largest absolute Gasteiger partial charge is 0.480 e. The summed E-state index contributed by atoms with van der Waals surface area (Å²) < 4.78 is 18.7. The normalized spacial score (nSPS) is 11.8. The molecule has 2 N–H and O–H groups in total. The van der Waals surface area contributed by atoms with Gasteiger partial charge in [0.15, 0.2) is 6.10 Å². The molecular formula is C12H14BrFN2O3. The second-order valence-electron chi connectivity index (χ2n) is 4.00. The van der Waals surface area contributed by atoms with Crippen molar-refractivity contribution >= 4 is 27.7 Å². The number of rotatable bonds is 5. The van der Waals surface area contributed by atoms with Crippen molar-refractivity contribution in [1.29, 1.82) is 0 Å². The smallest absolute Gasteiger partial charge is 0.263 e. The first-order valence-corrected chi connectivity index (χ1v) is 6.25. The lowest BCUT2D eigenvalue weighted by Gasteiger charge is -2.21. The molecule has 0 aromatic heterocycles. The molecular weight excluding hydrogens is 319 g/mol. The van der Waals surface area contributed by atoms with Crippen LogP contribution in [0, 0.1) is 5.82 Å². The quantitative estimate of drug-likeness (QED) is 0.883. The number of ether oxygens (including phenoxy) is 1. The lowest BCUT2D eigenvalue weighted by Crippen LogP contribution is -2.42. The van der Waals surface area contributed by atoms with Crippen molar-refractivity contribution in [3.8, 4) is 5.75 Å². The Balaban J connectivity index is 2.70. The first-order valence-electron chi connectivity index (χ1n) is 5.46.